The molecule has 7 heteroatoms. The molecule has 2 aromatic rings. The quantitative estimate of drug-likeness (QED) is 0.892. The number of ether oxygens (including phenoxy) is 1. The van der Waals surface area contributed by atoms with Gasteiger partial charge in [-0.3, -0.25) is 0 Å². The summed E-state index contributed by atoms with van der Waals surface area (Å²) in [4.78, 5) is 4.84. The van der Waals surface area contributed by atoms with Crippen molar-refractivity contribution in [2.24, 2.45) is 5.73 Å². The van der Waals surface area contributed by atoms with Crippen molar-refractivity contribution < 1.29 is 4.74 Å². The molecule has 4 rings (SSSR count). The van der Waals surface area contributed by atoms with Crippen LogP contribution in [-0.2, 0) is 4.74 Å². The van der Waals surface area contributed by atoms with E-state index in [0.717, 1.165) is 56.8 Å². The van der Waals surface area contributed by atoms with E-state index in [9.17, 15) is 5.26 Å². The number of likely N-dealkylation sites (tertiary alicyclic amines) is 1. The monoisotopic (exact) mass is 354 g/mol. The highest BCUT2D eigenvalue weighted by atomic mass is 16.5. The number of aromatic nitrogens is 2. The highest BCUT2D eigenvalue weighted by molar-refractivity contribution is 5.74. The number of nitrogens with two attached hydrogens (primary N) is 1. The van der Waals surface area contributed by atoms with Gasteiger partial charge in [-0.15, -0.1) is 0 Å². The van der Waals surface area contributed by atoms with Crippen LogP contribution in [0.5, 0.6) is 0 Å². The lowest BCUT2D eigenvalue weighted by Crippen LogP contribution is -2.52. The lowest BCUT2D eigenvalue weighted by Gasteiger charge is -2.41. The van der Waals surface area contributed by atoms with Gasteiger partial charge in [-0.25, -0.2) is 4.52 Å². The van der Waals surface area contributed by atoms with E-state index in [0.29, 0.717) is 11.7 Å². The van der Waals surface area contributed by atoms with Crippen LogP contribution in [0.2, 0.25) is 0 Å². The molecule has 2 aromatic heterocycles. The van der Waals surface area contributed by atoms with E-state index in [4.69, 9.17) is 10.5 Å². The normalized spacial score (nSPS) is 25.5. The minimum absolute atomic E-state index is 0.166. The number of hydrogen-bond donors (Lipinski definition) is 1. The maximum absolute atomic E-state index is 9.28. The fourth-order valence-corrected chi connectivity index (χ4v) is 4.12. The summed E-state index contributed by atoms with van der Waals surface area (Å²) in [6, 6.07) is 8.40. The van der Waals surface area contributed by atoms with E-state index in [-0.39, 0.29) is 12.2 Å². The molecule has 2 aliphatic rings. The molecule has 2 atom stereocenters. The number of nitrogens with zero attached hydrogens (tertiary/aromatic N) is 5. The van der Waals surface area contributed by atoms with Gasteiger partial charge in [-0.05, 0) is 51.1 Å². The Hall–Kier alpha value is -2.14. The summed E-state index contributed by atoms with van der Waals surface area (Å²) in [6.45, 7) is 6.87. The summed E-state index contributed by atoms with van der Waals surface area (Å²) in [6.07, 6.45) is 4.22. The fraction of sp³-hybridized carbons (Fsp3) is 0.579. The zero-order valence-corrected chi connectivity index (χ0v) is 15.2. The Balaban J connectivity index is 1.52. The molecular formula is C19H26N6O. The van der Waals surface area contributed by atoms with Gasteiger partial charge in [0.15, 0.2) is 0 Å². The number of hydrogen-bond acceptors (Lipinski definition) is 6. The van der Waals surface area contributed by atoms with Crippen LogP contribution in [0, 0.1) is 11.3 Å². The first-order valence-electron chi connectivity index (χ1n) is 9.39. The molecule has 0 bridgehead atoms. The number of fused-ring (bicyclic) bond motifs is 1. The van der Waals surface area contributed by atoms with Gasteiger partial charge in [-0.1, -0.05) is 0 Å². The second-order valence-electron chi connectivity index (χ2n) is 7.46. The minimum Gasteiger partial charge on any atom is -0.370 e. The summed E-state index contributed by atoms with van der Waals surface area (Å²) in [7, 11) is 0. The Morgan fingerprint density at radius 3 is 2.85 bits per heavy atom. The van der Waals surface area contributed by atoms with Crippen LogP contribution < -0.4 is 10.6 Å². The molecule has 0 spiro atoms. The van der Waals surface area contributed by atoms with Gasteiger partial charge in [0.05, 0.1) is 29.6 Å². The third-order valence-electron chi connectivity index (χ3n) is 5.41. The molecule has 2 saturated heterocycles. The number of anilines is 1. The van der Waals surface area contributed by atoms with Gasteiger partial charge < -0.3 is 20.3 Å². The van der Waals surface area contributed by atoms with Crippen molar-refractivity contribution in [1.82, 2.24) is 14.5 Å². The van der Waals surface area contributed by atoms with Crippen LogP contribution in [0.3, 0.4) is 0 Å². The van der Waals surface area contributed by atoms with Crippen molar-refractivity contribution in [3.63, 3.8) is 0 Å². The largest absolute Gasteiger partial charge is 0.370 e. The Morgan fingerprint density at radius 2 is 2.08 bits per heavy atom. The molecule has 26 heavy (non-hydrogen) atoms. The van der Waals surface area contributed by atoms with E-state index in [1.165, 1.54) is 0 Å². The van der Waals surface area contributed by atoms with Crippen molar-refractivity contribution in [2.75, 3.05) is 37.6 Å². The van der Waals surface area contributed by atoms with Gasteiger partial charge in [-0.2, -0.15) is 10.4 Å². The van der Waals surface area contributed by atoms with E-state index in [2.05, 4.69) is 27.9 Å². The number of pyridine rings is 1. The Kier molecular flexibility index (Phi) is 4.81. The van der Waals surface area contributed by atoms with Crippen LogP contribution >= 0.6 is 0 Å². The first-order valence-corrected chi connectivity index (χ1v) is 9.39. The van der Waals surface area contributed by atoms with Gasteiger partial charge >= 0.3 is 0 Å². The molecule has 2 fully saturated rings. The minimum atomic E-state index is 0.166. The second kappa shape index (κ2) is 7.23. The third kappa shape index (κ3) is 3.40. The van der Waals surface area contributed by atoms with Crippen molar-refractivity contribution in [3.05, 3.63) is 30.1 Å². The lowest BCUT2D eigenvalue weighted by atomic mass is 10.1. The summed E-state index contributed by atoms with van der Waals surface area (Å²) >= 11 is 0. The smallest absolute Gasteiger partial charge is 0.142 e. The van der Waals surface area contributed by atoms with Gasteiger partial charge in [0, 0.05) is 25.7 Å². The van der Waals surface area contributed by atoms with Crippen molar-refractivity contribution in [1.29, 1.82) is 5.26 Å². The Labute approximate surface area is 153 Å². The van der Waals surface area contributed by atoms with Crippen LogP contribution in [-0.4, -0.2) is 65.5 Å². The Bertz CT molecular complexity index is 804. The third-order valence-corrected chi connectivity index (χ3v) is 5.41. The van der Waals surface area contributed by atoms with Crippen molar-refractivity contribution in [3.8, 4) is 6.07 Å². The predicted molar refractivity (Wildman–Crippen MR) is 100 cm³/mol. The number of piperidine rings is 1. The average molecular weight is 354 g/mol. The molecule has 0 radical (unpaired) electrons. The number of rotatable bonds is 3. The summed E-state index contributed by atoms with van der Waals surface area (Å²) in [5.74, 6) is 0. The van der Waals surface area contributed by atoms with E-state index >= 15 is 0 Å². The van der Waals surface area contributed by atoms with Gasteiger partial charge in [0.25, 0.3) is 0 Å². The van der Waals surface area contributed by atoms with Crippen LogP contribution in [0.25, 0.3) is 5.52 Å². The summed E-state index contributed by atoms with van der Waals surface area (Å²) in [5, 5.41) is 13.6. The lowest BCUT2D eigenvalue weighted by molar-refractivity contribution is -0.0348. The molecule has 2 N–H and O–H groups in total. The van der Waals surface area contributed by atoms with E-state index in [1.807, 2.05) is 18.2 Å². The fourth-order valence-electron chi connectivity index (χ4n) is 4.12. The van der Waals surface area contributed by atoms with Crippen LogP contribution in [0.1, 0.15) is 25.5 Å². The van der Waals surface area contributed by atoms with Gasteiger partial charge in [0.2, 0.25) is 0 Å². The van der Waals surface area contributed by atoms with E-state index < -0.39 is 0 Å². The van der Waals surface area contributed by atoms with Crippen LogP contribution in [0.4, 0.5) is 5.69 Å². The highest BCUT2D eigenvalue weighted by Crippen LogP contribution is 2.26. The molecule has 2 aliphatic heterocycles. The molecule has 138 valence electrons. The molecule has 0 amide bonds. The molecule has 0 aliphatic carbocycles. The van der Waals surface area contributed by atoms with Gasteiger partial charge in [0.1, 0.15) is 11.8 Å². The predicted octanol–water partition coefficient (Wildman–Crippen LogP) is 1.22. The zero-order valence-electron chi connectivity index (χ0n) is 15.2. The summed E-state index contributed by atoms with van der Waals surface area (Å²) < 4.78 is 7.94. The maximum atomic E-state index is 9.28. The number of nitriles is 1. The average Bonchev–Trinajstić information content (AvgIpc) is 3.12. The number of morpholine rings is 1. The zero-order chi connectivity index (χ0) is 18.1. The second-order valence-corrected chi connectivity index (χ2v) is 7.46. The molecule has 7 nitrogen and oxygen atoms in total. The molecular weight excluding hydrogens is 328 g/mol. The van der Waals surface area contributed by atoms with Crippen LogP contribution in [0.15, 0.2) is 24.4 Å². The molecule has 0 unspecified atom stereocenters. The maximum Gasteiger partial charge on any atom is 0.142 e. The first kappa shape index (κ1) is 17.3. The van der Waals surface area contributed by atoms with E-state index in [1.54, 1.807) is 10.7 Å². The Morgan fingerprint density at radius 1 is 1.27 bits per heavy atom. The van der Waals surface area contributed by atoms with Crippen molar-refractivity contribution in [2.45, 2.75) is 38.0 Å². The van der Waals surface area contributed by atoms with Crippen molar-refractivity contribution >= 4 is 11.2 Å². The highest BCUT2D eigenvalue weighted by Gasteiger charge is 2.29. The molecule has 0 saturated carbocycles. The topological polar surface area (TPSA) is 82.8 Å². The summed E-state index contributed by atoms with van der Waals surface area (Å²) in [5.41, 5.74) is 8.66. The standard InChI is InChI=1S/C19H26N6O/c1-14-11-24(13-17(26-14)12-23-8-5-15(21)6-9-23)18-3-2-16(10-20)25-19(18)4-7-22-25/h2-4,7,14-15,17H,5-6,8-9,11-13,21H2,1H3/t14-,17+/m1/s1. The SMILES string of the molecule is C[C@@H]1CN(c2ccc(C#N)n3nccc23)C[C@H](CN2CCC(N)CC2)O1. The first-order chi connectivity index (χ1) is 12.6. The molecule has 0 aromatic carbocycles. The molecule has 4 heterocycles.